The number of methoxy groups -OCH3 is 1. The summed E-state index contributed by atoms with van der Waals surface area (Å²) >= 11 is 0. The number of amides is 2. The maximum Gasteiger partial charge on any atom is 0.269 e. The van der Waals surface area contributed by atoms with Gasteiger partial charge in [-0.2, -0.15) is 0 Å². The molecule has 0 heterocycles. The van der Waals surface area contributed by atoms with E-state index in [1.165, 1.54) is 7.11 Å². The third-order valence-corrected chi connectivity index (χ3v) is 3.45. The van der Waals surface area contributed by atoms with Gasteiger partial charge in [0.05, 0.1) is 13.7 Å². The number of unbranched alkanes of at least 4 members (excludes halogenated alkanes) is 1. The molecule has 6 nitrogen and oxygen atoms in total. The fraction of sp³-hybridized carbons (Fsp3) is 0.556. The highest BCUT2D eigenvalue weighted by Gasteiger charge is 2.12. The van der Waals surface area contributed by atoms with Gasteiger partial charge in [-0.1, -0.05) is 27.2 Å². The first kappa shape index (κ1) is 19.8. The van der Waals surface area contributed by atoms with E-state index in [2.05, 4.69) is 24.7 Å². The van der Waals surface area contributed by atoms with Crippen LogP contribution in [0.5, 0.6) is 11.5 Å². The average molecular weight is 336 g/mol. The lowest BCUT2D eigenvalue weighted by Gasteiger charge is -2.13. The lowest BCUT2D eigenvalue weighted by molar-refractivity contribution is -0.121. The Morgan fingerprint density at radius 3 is 2.54 bits per heavy atom. The standard InChI is InChI=1S/C18H28N2O4/c1-5-6-7-17(21)19-20-18(22)14-8-9-15(16(12-14)23-4)24-11-10-13(2)3/h8-9,12-13H,5-7,10-11H2,1-4H3,(H,19,21)(H,20,22). The van der Waals surface area contributed by atoms with E-state index in [1.807, 2.05) is 6.92 Å². The zero-order chi connectivity index (χ0) is 17.9. The molecule has 0 fully saturated rings. The van der Waals surface area contributed by atoms with Crippen LogP contribution in [-0.4, -0.2) is 25.5 Å². The summed E-state index contributed by atoms with van der Waals surface area (Å²) < 4.78 is 11.0. The van der Waals surface area contributed by atoms with E-state index in [1.54, 1.807) is 18.2 Å². The van der Waals surface area contributed by atoms with Crippen LogP contribution in [-0.2, 0) is 4.79 Å². The first-order chi connectivity index (χ1) is 11.5. The van der Waals surface area contributed by atoms with Crippen molar-refractivity contribution < 1.29 is 19.1 Å². The number of hydrazine groups is 1. The lowest BCUT2D eigenvalue weighted by atomic mass is 10.1. The normalized spacial score (nSPS) is 10.4. The summed E-state index contributed by atoms with van der Waals surface area (Å²) in [6.07, 6.45) is 3.05. The maximum absolute atomic E-state index is 12.1. The summed E-state index contributed by atoms with van der Waals surface area (Å²) in [5.41, 5.74) is 5.19. The SMILES string of the molecule is CCCCC(=O)NNC(=O)c1ccc(OCCC(C)C)c(OC)c1. The largest absolute Gasteiger partial charge is 0.493 e. The van der Waals surface area contributed by atoms with Crippen LogP contribution in [0.1, 0.15) is 56.8 Å². The monoisotopic (exact) mass is 336 g/mol. The molecule has 0 spiro atoms. The first-order valence-electron chi connectivity index (χ1n) is 8.38. The highest BCUT2D eigenvalue weighted by atomic mass is 16.5. The topological polar surface area (TPSA) is 76.7 Å². The van der Waals surface area contributed by atoms with Crippen molar-refractivity contribution in [3.05, 3.63) is 23.8 Å². The van der Waals surface area contributed by atoms with Crippen LogP contribution in [0.2, 0.25) is 0 Å². The van der Waals surface area contributed by atoms with Gasteiger partial charge in [0, 0.05) is 12.0 Å². The molecule has 0 saturated heterocycles. The van der Waals surface area contributed by atoms with Crippen molar-refractivity contribution >= 4 is 11.8 Å². The van der Waals surface area contributed by atoms with Gasteiger partial charge < -0.3 is 9.47 Å². The van der Waals surface area contributed by atoms with E-state index >= 15 is 0 Å². The van der Waals surface area contributed by atoms with Gasteiger partial charge in [0.15, 0.2) is 11.5 Å². The van der Waals surface area contributed by atoms with Gasteiger partial charge in [-0.25, -0.2) is 0 Å². The fourth-order valence-corrected chi connectivity index (χ4v) is 1.93. The van der Waals surface area contributed by atoms with Crippen molar-refractivity contribution in [3.8, 4) is 11.5 Å². The number of ether oxygens (including phenoxy) is 2. The molecule has 1 aromatic carbocycles. The third kappa shape index (κ3) is 6.89. The van der Waals surface area contributed by atoms with E-state index in [9.17, 15) is 9.59 Å². The van der Waals surface area contributed by atoms with E-state index in [4.69, 9.17) is 9.47 Å². The Kier molecular flexibility index (Phi) is 8.68. The lowest BCUT2D eigenvalue weighted by Crippen LogP contribution is -2.41. The molecule has 0 unspecified atom stereocenters. The predicted molar refractivity (Wildman–Crippen MR) is 93.1 cm³/mol. The molecule has 0 aliphatic rings. The summed E-state index contributed by atoms with van der Waals surface area (Å²) in [6.45, 7) is 6.85. The van der Waals surface area contributed by atoms with Crippen molar-refractivity contribution in [2.24, 2.45) is 5.92 Å². The molecule has 0 radical (unpaired) electrons. The molecule has 2 N–H and O–H groups in total. The Morgan fingerprint density at radius 1 is 1.17 bits per heavy atom. The van der Waals surface area contributed by atoms with Crippen LogP contribution in [0.15, 0.2) is 18.2 Å². The highest BCUT2D eigenvalue weighted by molar-refractivity contribution is 5.96. The quantitative estimate of drug-likeness (QED) is 0.680. The molecule has 24 heavy (non-hydrogen) atoms. The minimum absolute atomic E-state index is 0.203. The minimum Gasteiger partial charge on any atom is -0.493 e. The minimum atomic E-state index is -0.396. The number of nitrogens with one attached hydrogen (secondary N) is 2. The van der Waals surface area contributed by atoms with Gasteiger partial charge in [-0.15, -0.1) is 0 Å². The Labute approximate surface area is 143 Å². The van der Waals surface area contributed by atoms with Crippen LogP contribution < -0.4 is 20.3 Å². The molecular formula is C18H28N2O4. The van der Waals surface area contributed by atoms with Gasteiger partial charge in [0.1, 0.15) is 0 Å². The molecule has 134 valence electrons. The second-order valence-corrected chi connectivity index (χ2v) is 6.00. The number of rotatable bonds is 9. The van der Waals surface area contributed by atoms with Gasteiger partial charge in [-0.05, 0) is 37.0 Å². The van der Waals surface area contributed by atoms with Crippen LogP contribution in [0, 0.1) is 5.92 Å². The van der Waals surface area contributed by atoms with Crippen molar-refractivity contribution in [2.45, 2.75) is 46.5 Å². The summed E-state index contributed by atoms with van der Waals surface area (Å²) in [5.74, 6) is 1.04. The van der Waals surface area contributed by atoms with E-state index < -0.39 is 5.91 Å². The number of carbonyl (C=O) groups is 2. The van der Waals surface area contributed by atoms with Crippen molar-refractivity contribution in [3.63, 3.8) is 0 Å². The maximum atomic E-state index is 12.1. The van der Waals surface area contributed by atoms with Crippen molar-refractivity contribution in [2.75, 3.05) is 13.7 Å². The molecular weight excluding hydrogens is 308 g/mol. The summed E-state index contributed by atoms with van der Waals surface area (Å²) in [7, 11) is 1.53. The number of hydrogen-bond acceptors (Lipinski definition) is 4. The fourth-order valence-electron chi connectivity index (χ4n) is 1.93. The van der Waals surface area contributed by atoms with Crippen molar-refractivity contribution in [1.29, 1.82) is 0 Å². The van der Waals surface area contributed by atoms with E-state index in [-0.39, 0.29) is 5.91 Å². The second-order valence-electron chi connectivity index (χ2n) is 6.00. The third-order valence-electron chi connectivity index (χ3n) is 3.45. The number of benzene rings is 1. The Morgan fingerprint density at radius 2 is 1.92 bits per heavy atom. The Hall–Kier alpha value is -2.24. The summed E-state index contributed by atoms with van der Waals surface area (Å²) in [6, 6.07) is 4.94. The first-order valence-corrected chi connectivity index (χ1v) is 8.38. The van der Waals surface area contributed by atoms with Gasteiger partial charge in [0.25, 0.3) is 5.91 Å². The Balaban J connectivity index is 2.62. The molecule has 0 bridgehead atoms. The molecule has 2 amide bonds. The van der Waals surface area contributed by atoms with Crippen LogP contribution in [0.3, 0.4) is 0 Å². The van der Waals surface area contributed by atoms with Crippen LogP contribution >= 0.6 is 0 Å². The molecule has 0 atom stereocenters. The van der Waals surface area contributed by atoms with Crippen molar-refractivity contribution in [1.82, 2.24) is 10.9 Å². The molecule has 0 aliphatic carbocycles. The second kappa shape index (κ2) is 10.5. The predicted octanol–water partition coefficient (Wildman–Crippen LogP) is 3.07. The van der Waals surface area contributed by atoms with Crippen LogP contribution in [0.4, 0.5) is 0 Å². The van der Waals surface area contributed by atoms with Gasteiger partial charge >= 0.3 is 0 Å². The molecule has 6 heteroatoms. The number of carbonyl (C=O) groups excluding carboxylic acids is 2. The Bertz CT molecular complexity index is 544. The van der Waals surface area contributed by atoms with Gasteiger partial charge in [-0.3, -0.25) is 20.4 Å². The summed E-state index contributed by atoms with van der Waals surface area (Å²) in [5, 5.41) is 0. The zero-order valence-electron chi connectivity index (χ0n) is 15.0. The molecule has 1 rings (SSSR count). The highest BCUT2D eigenvalue weighted by Crippen LogP contribution is 2.28. The number of hydrogen-bond donors (Lipinski definition) is 2. The van der Waals surface area contributed by atoms with E-state index in [0.29, 0.717) is 36.0 Å². The van der Waals surface area contributed by atoms with Gasteiger partial charge in [0.2, 0.25) is 5.91 Å². The smallest absolute Gasteiger partial charge is 0.269 e. The molecule has 0 saturated carbocycles. The molecule has 1 aromatic rings. The zero-order valence-corrected chi connectivity index (χ0v) is 15.0. The van der Waals surface area contributed by atoms with Crippen LogP contribution in [0.25, 0.3) is 0 Å². The van der Waals surface area contributed by atoms with E-state index in [0.717, 1.165) is 19.3 Å². The summed E-state index contributed by atoms with van der Waals surface area (Å²) in [4.78, 5) is 23.6. The molecule has 0 aromatic heterocycles. The molecule has 0 aliphatic heterocycles. The average Bonchev–Trinajstić information content (AvgIpc) is 2.57.